The summed E-state index contributed by atoms with van der Waals surface area (Å²) in [7, 11) is -3.13. The highest BCUT2D eigenvalue weighted by atomic mass is 32.2. The van der Waals surface area contributed by atoms with Crippen LogP contribution in [0.25, 0.3) is 10.2 Å². The van der Waals surface area contributed by atoms with E-state index in [0.717, 1.165) is 29.6 Å². The molecule has 3 heterocycles. The van der Waals surface area contributed by atoms with E-state index < -0.39 is 10.0 Å². The molecule has 2 saturated heterocycles. The molecule has 5 rings (SSSR count). The van der Waals surface area contributed by atoms with Gasteiger partial charge in [0.1, 0.15) is 17.1 Å². The fraction of sp³-hybridized carbons (Fsp3) is 0.381. The van der Waals surface area contributed by atoms with E-state index in [0.29, 0.717) is 29.5 Å². The molecule has 0 saturated carbocycles. The second kappa shape index (κ2) is 7.56. The minimum Gasteiger partial charge on any atom is -0.431 e. The number of nitrogens with zero attached hydrogens (tertiary/aromatic N) is 3. The van der Waals surface area contributed by atoms with Gasteiger partial charge >= 0.3 is 0 Å². The molecule has 2 bridgehead atoms. The van der Waals surface area contributed by atoms with Crippen molar-refractivity contribution in [3.05, 3.63) is 53.8 Å². The van der Waals surface area contributed by atoms with Crippen LogP contribution in [-0.4, -0.2) is 54.0 Å². The van der Waals surface area contributed by atoms with Gasteiger partial charge in [-0.15, -0.1) is 0 Å². The number of para-hydroxylation sites is 1. The van der Waals surface area contributed by atoms with E-state index in [4.69, 9.17) is 4.74 Å². The smallest absolute Gasteiger partial charge is 0.279 e. The Morgan fingerprint density at radius 3 is 2.47 bits per heavy atom. The summed E-state index contributed by atoms with van der Waals surface area (Å²) < 4.78 is 45.8. The number of rotatable bonds is 5. The third kappa shape index (κ3) is 3.82. The minimum absolute atomic E-state index is 0.270. The minimum atomic E-state index is -3.13. The second-order valence-corrected chi connectivity index (χ2v) is 10.9. The average molecular weight is 448 g/mol. The number of aromatic nitrogens is 1. The second-order valence-electron chi connectivity index (χ2n) is 7.95. The third-order valence-electron chi connectivity index (χ3n) is 5.91. The van der Waals surface area contributed by atoms with Crippen LogP contribution in [0.1, 0.15) is 18.4 Å². The third-order valence-corrected chi connectivity index (χ3v) is 8.05. The van der Waals surface area contributed by atoms with Gasteiger partial charge < -0.3 is 4.74 Å². The molecule has 3 aromatic rings. The van der Waals surface area contributed by atoms with Crippen molar-refractivity contribution < 1.29 is 17.5 Å². The summed E-state index contributed by atoms with van der Waals surface area (Å²) in [6, 6.07) is 13.2. The molecule has 0 spiro atoms. The molecule has 158 valence electrons. The number of hydrogen-bond acceptors (Lipinski definition) is 6. The zero-order chi connectivity index (χ0) is 20.9. The highest BCUT2D eigenvalue weighted by Gasteiger charge is 2.42. The Balaban J connectivity index is 1.26. The van der Waals surface area contributed by atoms with Gasteiger partial charge in [-0.3, -0.25) is 4.90 Å². The maximum absolute atomic E-state index is 13.8. The molecular formula is C21H22FN3O3S2. The van der Waals surface area contributed by atoms with Crippen LogP contribution in [0.15, 0.2) is 42.5 Å². The van der Waals surface area contributed by atoms with Crippen LogP contribution in [0.5, 0.6) is 10.9 Å². The van der Waals surface area contributed by atoms with E-state index in [1.807, 2.05) is 30.3 Å². The zero-order valence-electron chi connectivity index (χ0n) is 16.5. The largest absolute Gasteiger partial charge is 0.431 e. The van der Waals surface area contributed by atoms with Crippen molar-refractivity contribution in [1.29, 1.82) is 0 Å². The first-order valence-electron chi connectivity index (χ1n) is 9.89. The Bertz CT molecular complexity index is 1170. The molecule has 2 atom stereocenters. The van der Waals surface area contributed by atoms with Crippen molar-refractivity contribution >= 4 is 31.6 Å². The standard InChI is InChI=1S/C21H22FN3O3S2/c1-30(26,27)24-12-15-7-8-16(13-24)25(15)11-14-5-9-17(10-6-14)28-21-23-20-18(22)3-2-4-19(20)29-21/h2-6,9-10,15-16H,7-8,11-13H2,1H3. The summed E-state index contributed by atoms with van der Waals surface area (Å²) in [6.07, 6.45) is 3.36. The Kier molecular flexibility index (Phi) is 5.01. The molecule has 2 aromatic carbocycles. The Labute approximate surface area is 178 Å². The van der Waals surface area contributed by atoms with Gasteiger partial charge in [0.25, 0.3) is 5.19 Å². The van der Waals surface area contributed by atoms with Crippen molar-refractivity contribution in [2.24, 2.45) is 0 Å². The summed E-state index contributed by atoms with van der Waals surface area (Å²) in [6.45, 7) is 1.94. The number of piperazine rings is 1. The van der Waals surface area contributed by atoms with Gasteiger partial charge in [-0.2, -0.15) is 9.29 Å². The SMILES string of the molecule is CS(=O)(=O)N1CC2CCC(C1)N2Cc1ccc(Oc2nc3c(F)cccc3s2)cc1. The maximum Gasteiger partial charge on any atom is 0.279 e. The molecule has 0 amide bonds. The molecule has 2 fully saturated rings. The van der Waals surface area contributed by atoms with Crippen molar-refractivity contribution in [3.8, 4) is 10.9 Å². The molecule has 0 N–H and O–H groups in total. The van der Waals surface area contributed by atoms with Gasteiger partial charge in [0.05, 0.1) is 11.0 Å². The van der Waals surface area contributed by atoms with Crippen molar-refractivity contribution in [3.63, 3.8) is 0 Å². The summed E-state index contributed by atoms with van der Waals surface area (Å²) in [5.74, 6) is 0.308. The topological polar surface area (TPSA) is 62.7 Å². The molecule has 6 nitrogen and oxygen atoms in total. The zero-order valence-corrected chi connectivity index (χ0v) is 18.1. The van der Waals surface area contributed by atoms with Gasteiger partial charge in [0.15, 0.2) is 0 Å². The van der Waals surface area contributed by atoms with Crippen LogP contribution in [0.2, 0.25) is 0 Å². The number of benzene rings is 2. The molecule has 2 aliphatic rings. The summed E-state index contributed by atoms with van der Waals surface area (Å²) in [5, 5.41) is 0.415. The van der Waals surface area contributed by atoms with Crippen LogP contribution in [0.3, 0.4) is 0 Å². The van der Waals surface area contributed by atoms with Crippen LogP contribution in [0.4, 0.5) is 4.39 Å². The number of thiazole rings is 1. The van der Waals surface area contributed by atoms with E-state index in [9.17, 15) is 12.8 Å². The van der Waals surface area contributed by atoms with Crippen LogP contribution >= 0.6 is 11.3 Å². The van der Waals surface area contributed by atoms with Gasteiger partial charge in [-0.1, -0.05) is 29.5 Å². The Morgan fingerprint density at radius 2 is 1.83 bits per heavy atom. The van der Waals surface area contributed by atoms with Gasteiger partial charge in [0.2, 0.25) is 10.0 Å². The average Bonchev–Trinajstić information content (AvgIpc) is 3.19. The molecule has 2 aliphatic heterocycles. The molecule has 1 aromatic heterocycles. The summed E-state index contributed by atoms with van der Waals surface area (Å²) in [4.78, 5) is 6.66. The summed E-state index contributed by atoms with van der Waals surface area (Å²) in [5.41, 5.74) is 1.49. The lowest BCUT2D eigenvalue weighted by atomic mass is 10.1. The van der Waals surface area contributed by atoms with Crippen LogP contribution in [0, 0.1) is 5.82 Å². The lowest BCUT2D eigenvalue weighted by Crippen LogP contribution is -2.54. The molecule has 30 heavy (non-hydrogen) atoms. The van der Waals surface area contributed by atoms with Gasteiger partial charge in [-0.05, 0) is 42.7 Å². The van der Waals surface area contributed by atoms with Crippen molar-refractivity contribution in [2.75, 3.05) is 19.3 Å². The van der Waals surface area contributed by atoms with Crippen LogP contribution in [-0.2, 0) is 16.6 Å². The molecule has 0 aliphatic carbocycles. The molecule has 0 radical (unpaired) electrons. The maximum atomic E-state index is 13.8. The van der Waals surface area contributed by atoms with Crippen LogP contribution < -0.4 is 4.74 Å². The number of ether oxygens (including phenoxy) is 1. The first-order valence-corrected chi connectivity index (χ1v) is 12.6. The lowest BCUT2D eigenvalue weighted by Gasteiger charge is -2.39. The molecule has 9 heteroatoms. The number of halogens is 1. The normalized spacial score (nSPS) is 22.6. The first-order chi connectivity index (χ1) is 14.4. The van der Waals surface area contributed by atoms with Crippen molar-refractivity contribution in [1.82, 2.24) is 14.2 Å². The quantitative estimate of drug-likeness (QED) is 0.595. The fourth-order valence-electron chi connectivity index (χ4n) is 4.39. The van der Waals surface area contributed by atoms with Gasteiger partial charge in [0, 0.05) is 31.7 Å². The van der Waals surface area contributed by atoms with Crippen molar-refractivity contribution in [2.45, 2.75) is 31.5 Å². The first kappa shape index (κ1) is 19.9. The number of fused-ring (bicyclic) bond motifs is 3. The van der Waals surface area contributed by atoms with E-state index >= 15 is 0 Å². The predicted molar refractivity (Wildman–Crippen MR) is 115 cm³/mol. The van der Waals surface area contributed by atoms with E-state index in [-0.39, 0.29) is 17.9 Å². The monoisotopic (exact) mass is 447 g/mol. The van der Waals surface area contributed by atoms with Gasteiger partial charge in [-0.25, -0.2) is 12.8 Å². The molecular weight excluding hydrogens is 425 g/mol. The Morgan fingerprint density at radius 1 is 1.13 bits per heavy atom. The predicted octanol–water partition coefficient (Wildman–Crippen LogP) is 3.84. The van der Waals surface area contributed by atoms with E-state index in [2.05, 4.69) is 9.88 Å². The van der Waals surface area contributed by atoms with E-state index in [1.165, 1.54) is 23.7 Å². The highest BCUT2D eigenvalue weighted by Crippen LogP contribution is 2.34. The fourth-order valence-corrected chi connectivity index (χ4v) is 6.13. The lowest BCUT2D eigenvalue weighted by molar-refractivity contribution is 0.103. The number of hydrogen-bond donors (Lipinski definition) is 0. The Hall–Kier alpha value is -2.07. The highest BCUT2D eigenvalue weighted by molar-refractivity contribution is 7.88. The summed E-state index contributed by atoms with van der Waals surface area (Å²) >= 11 is 1.31. The molecule has 2 unspecified atom stereocenters. The number of sulfonamides is 1. The van der Waals surface area contributed by atoms with E-state index in [1.54, 1.807) is 10.4 Å².